The number of ether oxygens (including phenoxy) is 1. The lowest BCUT2D eigenvalue weighted by Gasteiger charge is -2.44. The van der Waals surface area contributed by atoms with E-state index in [-0.39, 0.29) is 37.8 Å². The van der Waals surface area contributed by atoms with E-state index in [1.165, 1.54) is 12.1 Å². The van der Waals surface area contributed by atoms with E-state index in [0.29, 0.717) is 22.2 Å². The van der Waals surface area contributed by atoms with Gasteiger partial charge >= 0.3 is 5.97 Å². The van der Waals surface area contributed by atoms with Gasteiger partial charge in [-0.1, -0.05) is 23.2 Å². The molecule has 4 nitrogen and oxygen atoms in total. The first-order chi connectivity index (χ1) is 14.2. The highest BCUT2D eigenvalue weighted by Gasteiger charge is 2.43. The molecule has 0 aromatic heterocycles. The van der Waals surface area contributed by atoms with Gasteiger partial charge in [0.2, 0.25) is 0 Å². The number of alkyl halides is 1. The van der Waals surface area contributed by atoms with Crippen LogP contribution >= 0.6 is 23.2 Å². The predicted molar refractivity (Wildman–Crippen MR) is 111 cm³/mol. The van der Waals surface area contributed by atoms with E-state index >= 15 is 0 Å². The molecule has 0 amide bonds. The van der Waals surface area contributed by atoms with E-state index in [1.54, 1.807) is 18.2 Å². The standard InChI is InChI=1S/C22H21Cl2F2NO3/c23-16-3-13(4-17(24)6-16)8-27-10-22(26,11-27)12-30-9-15-5-20(25)19(21(28)29)7-18(15)14-1-2-14/h3-7,14H,1-2,8-12H2,(H,28,29). The van der Waals surface area contributed by atoms with Crippen LogP contribution in [-0.2, 0) is 17.9 Å². The van der Waals surface area contributed by atoms with Crippen molar-refractivity contribution in [2.45, 2.75) is 37.6 Å². The fraction of sp³-hybridized carbons (Fsp3) is 0.409. The Morgan fingerprint density at radius 2 is 1.83 bits per heavy atom. The monoisotopic (exact) mass is 455 g/mol. The van der Waals surface area contributed by atoms with E-state index in [1.807, 2.05) is 4.90 Å². The first-order valence-electron chi connectivity index (χ1n) is 9.72. The minimum atomic E-state index is -1.47. The maximum atomic E-state index is 14.9. The Kier molecular flexibility index (Phi) is 6.04. The molecule has 1 N–H and O–H groups in total. The number of carboxylic acids is 1. The number of hydrogen-bond acceptors (Lipinski definition) is 3. The smallest absolute Gasteiger partial charge is 0.338 e. The third-order valence-electron chi connectivity index (χ3n) is 5.44. The van der Waals surface area contributed by atoms with Crippen molar-refractivity contribution in [1.82, 2.24) is 4.90 Å². The molecule has 4 rings (SSSR count). The van der Waals surface area contributed by atoms with Crippen LogP contribution in [0.3, 0.4) is 0 Å². The van der Waals surface area contributed by atoms with Crippen molar-refractivity contribution in [2.24, 2.45) is 0 Å². The van der Waals surface area contributed by atoms with E-state index < -0.39 is 17.5 Å². The van der Waals surface area contributed by atoms with Crippen LogP contribution in [-0.4, -0.2) is 41.3 Å². The Morgan fingerprint density at radius 1 is 1.17 bits per heavy atom. The highest BCUT2D eigenvalue weighted by molar-refractivity contribution is 6.34. The number of aromatic carboxylic acids is 1. The number of hydrogen-bond donors (Lipinski definition) is 1. The fourth-order valence-electron chi connectivity index (χ4n) is 3.96. The van der Waals surface area contributed by atoms with Crippen molar-refractivity contribution >= 4 is 29.2 Å². The highest BCUT2D eigenvalue weighted by Crippen LogP contribution is 2.42. The maximum Gasteiger partial charge on any atom is 0.338 e. The molecule has 0 bridgehead atoms. The number of rotatable bonds is 8. The third kappa shape index (κ3) is 4.94. The SMILES string of the molecule is O=C(O)c1cc(C2CC2)c(COCC2(F)CN(Cc3cc(Cl)cc(Cl)c3)C2)cc1F. The van der Waals surface area contributed by atoms with E-state index in [9.17, 15) is 13.6 Å². The highest BCUT2D eigenvalue weighted by atomic mass is 35.5. The van der Waals surface area contributed by atoms with E-state index in [0.717, 1.165) is 24.0 Å². The molecular formula is C22H21Cl2F2NO3. The second-order valence-electron chi connectivity index (χ2n) is 8.18. The summed E-state index contributed by atoms with van der Waals surface area (Å²) in [6, 6.07) is 7.85. The summed E-state index contributed by atoms with van der Waals surface area (Å²) in [6.45, 7) is 0.932. The number of halogens is 4. The summed E-state index contributed by atoms with van der Waals surface area (Å²) >= 11 is 12.0. The van der Waals surface area contributed by atoms with E-state index in [4.69, 9.17) is 33.0 Å². The first kappa shape index (κ1) is 21.5. The molecule has 1 aliphatic heterocycles. The minimum Gasteiger partial charge on any atom is -0.478 e. The van der Waals surface area contributed by atoms with Gasteiger partial charge in [-0.05, 0) is 65.8 Å². The van der Waals surface area contributed by atoms with Crippen molar-refractivity contribution in [1.29, 1.82) is 0 Å². The first-order valence-corrected chi connectivity index (χ1v) is 10.5. The molecule has 1 saturated heterocycles. The Bertz CT molecular complexity index is 955. The summed E-state index contributed by atoms with van der Waals surface area (Å²) in [4.78, 5) is 13.1. The van der Waals surface area contributed by atoms with Crippen molar-refractivity contribution in [3.05, 3.63) is 68.4 Å². The van der Waals surface area contributed by atoms with Gasteiger partial charge < -0.3 is 9.84 Å². The molecule has 160 valence electrons. The normalized spacial score (nSPS) is 18.3. The molecule has 2 aromatic rings. The van der Waals surface area contributed by atoms with Gasteiger partial charge in [0.15, 0.2) is 5.67 Å². The zero-order valence-corrected chi connectivity index (χ0v) is 17.6. The molecule has 8 heteroatoms. The number of benzene rings is 2. The third-order valence-corrected chi connectivity index (χ3v) is 5.87. The van der Waals surface area contributed by atoms with Gasteiger partial charge in [0, 0.05) is 29.7 Å². The molecule has 1 saturated carbocycles. The van der Waals surface area contributed by atoms with Crippen molar-refractivity contribution in [3.63, 3.8) is 0 Å². The summed E-state index contributed by atoms with van der Waals surface area (Å²) in [7, 11) is 0. The fourth-order valence-corrected chi connectivity index (χ4v) is 4.53. The average Bonchev–Trinajstić information content (AvgIpc) is 3.44. The van der Waals surface area contributed by atoms with Crippen LogP contribution in [0.2, 0.25) is 10.0 Å². The van der Waals surface area contributed by atoms with Crippen molar-refractivity contribution in [2.75, 3.05) is 19.7 Å². The average molecular weight is 456 g/mol. The van der Waals surface area contributed by atoms with Crippen LogP contribution < -0.4 is 0 Å². The van der Waals surface area contributed by atoms with Gasteiger partial charge in [-0.3, -0.25) is 4.90 Å². The lowest BCUT2D eigenvalue weighted by Crippen LogP contribution is -2.60. The van der Waals surface area contributed by atoms with Gasteiger partial charge in [-0.2, -0.15) is 0 Å². The Labute approximate surface area is 183 Å². The van der Waals surface area contributed by atoms with Crippen molar-refractivity contribution < 1.29 is 23.4 Å². The summed E-state index contributed by atoms with van der Waals surface area (Å²) in [5, 5.41) is 10.2. The lowest BCUT2D eigenvalue weighted by atomic mass is 9.96. The Hall–Kier alpha value is -1.73. The van der Waals surface area contributed by atoms with Crippen molar-refractivity contribution in [3.8, 4) is 0 Å². The summed E-state index contributed by atoms with van der Waals surface area (Å²) < 4.78 is 34.5. The lowest BCUT2D eigenvalue weighted by molar-refractivity contribution is -0.0937. The van der Waals surface area contributed by atoms with Gasteiger partial charge in [-0.25, -0.2) is 13.6 Å². The zero-order valence-electron chi connectivity index (χ0n) is 16.1. The molecule has 2 fully saturated rings. The van der Waals surface area contributed by atoms with Crippen LogP contribution in [0, 0.1) is 5.82 Å². The number of nitrogens with zero attached hydrogens (tertiary/aromatic N) is 1. The quantitative estimate of drug-likeness (QED) is 0.574. The van der Waals surface area contributed by atoms with Gasteiger partial charge in [-0.15, -0.1) is 0 Å². The summed E-state index contributed by atoms with van der Waals surface area (Å²) in [6.07, 6.45) is 1.88. The second-order valence-corrected chi connectivity index (χ2v) is 9.05. The molecule has 0 unspecified atom stereocenters. The van der Waals surface area contributed by atoms with E-state index in [2.05, 4.69) is 0 Å². The molecule has 1 heterocycles. The topological polar surface area (TPSA) is 49.8 Å². The van der Waals surface area contributed by atoms with Gasteiger partial charge in [0.1, 0.15) is 5.82 Å². The molecule has 0 spiro atoms. The van der Waals surface area contributed by atoms with Crippen LogP contribution in [0.5, 0.6) is 0 Å². The van der Waals surface area contributed by atoms with Crippen LogP contribution in [0.4, 0.5) is 8.78 Å². The number of carbonyl (C=O) groups is 1. The number of carboxylic acid groups (broad SMARTS) is 1. The largest absolute Gasteiger partial charge is 0.478 e. The molecule has 2 aromatic carbocycles. The van der Waals surface area contributed by atoms with Crippen LogP contribution in [0.1, 0.15) is 45.8 Å². The Morgan fingerprint density at radius 3 is 2.43 bits per heavy atom. The predicted octanol–water partition coefficient (Wildman–Crippen LogP) is 5.45. The van der Waals surface area contributed by atoms with Gasteiger partial charge in [0.05, 0.1) is 18.8 Å². The molecule has 30 heavy (non-hydrogen) atoms. The molecular weight excluding hydrogens is 435 g/mol. The Balaban J connectivity index is 1.32. The molecule has 2 aliphatic rings. The van der Waals surface area contributed by atoms with Crippen LogP contribution in [0.15, 0.2) is 30.3 Å². The zero-order chi connectivity index (χ0) is 21.5. The minimum absolute atomic E-state index is 0.0538. The summed E-state index contributed by atoms with van der Waals surface area (Å²) in [5.41, 5.74) is 0.488. The van der Waals surface area contributed by atoms with Gasteiger partial charge in [0.25, 0.3) is 0 Å². The molecule has 0 atom stereocenters. The van der Waals surface area contributed by atoms with Crippen LogP contribution in [0.25, 0.3) is 0 Å². The molecule has 0 radical (unpaired) electrons. The summed E-state index contributed by atoms with van der Waals surface area (Å²) in [5.74, 6) is -1.86. The molecule has 1 aliphatic carbocycles. The number of likely N-dealkylation sites (tertiary alicyclic amines) is 1. The maximum absolute atomic E-state index is 14.9. The second kappa shape index (κ2) is 8.42.